The quantitative estimate of drug-likeness (QED) is 0.861. The Kier molecular flexibility index (Phi) is 4.77. The zero-order valence-corrected chi connectivity index (χ0v) is 12.5. The zero-order valence-electron chi connectivity index (χ0n) is 12.5. The fourth-order valence-corrected chi connectivity index (χ4v) is 2.04. The molecule has 1 N–H and O–H groups in total. The second-order valence-electron chi connectivity index (χ2n) is 4.94. The number of ether oxygens (including phenoxy) is 1. The summed E-state index contributed by atoms with van der Waals surface area (Å²) in [5.41, 5.74) is 3.91. The molecule has 0 spiro atoms. The Balaban J connectivity index is 2.10. The largest absolute Gasteiger partial charge is 0.495 e. The van der Waals surface area contributed by atoms with Crippen molar-refractivity contribution in [2.75, 3.05) is 12.4 Å². The van der Waals surface area contributed by atoms with E-state index in [0.29, 0.717) is 11.4 Å². The number of methoxy groups -OCH3 is 1. The number of carbonyl (C=O) groups excluding carboxylic acids is 1. The Morgan fingerprint density at radius 1 is 1.10 bits per heavy atom. The number of aryl methyl sites for hydroxylation is 2. The minimum absolute atomic E-state index is 0.180. The van der Waals surface area contributed by atoms with Gasteiger partial charge in [-0.15, -0.1) is 0 Å². The Labute approximate surface area is 125 Å². The molecule has 2 aromatic rings. The Bertz CT molecular complexity index is 675. The van der Waals surface area contributed by atoms with Crippen LogP contribution in [0.25, 0.3) is 6.08 Å². The second kappa shape index (κ2) is 6.75. The number of nitrogens with one attached hydrogen (secondary N) is 1. The van der Waals surface area contributed by atoms with Gasteiger partial charge in [-0.1, -0.05) is 35.9 Å². The van der Waals surface area contributed by atoms with Crippen LogP contribution in [-0.4, -0.2) is 13.0 Å². The van der Waals surface area contributed by atoms with Gasteiger partial charge in [0, 0.05) is 6.08 Å². The first-order valence-corrected chi connectivity index (χ1v) is 6.79. The minimum atomic E-state index is -0.180. The molecule has 0 radical (unpaired) electrons. The molecule has 0 aliphatic rings. The van der Waals surface area contributed by atoms with Crippen molar-refractivity contribution >= 4 is 17.7 Å². The molecule has 0 aliphatic heterocycles. The predicted octanol–water partition coefficient (Wildman–Crippen LogP) is 3.96. The summed E-state index contributed by atoms with van der Waals surface area (Å²) >= 11 is 0. The third-order valence-electron chi connectivity index (χ3n) is 3.08. The molecular weight excluding hydrogens is 262 g/mol. The highest BCUT2D eigenvalue weighted by atomic mass is 16.5. The molecule has 2 aromatic carbocycles. The van der Waals surface area contributed by atoms with Gasteiger partial charge in [0.05, 0.1) is 12.8 Å². The van der Waals surface area contributed by atoms with Crippen LogP contribution in [0.4, 0.5) is 5.69 Å². The van der Waals surface area contributed by atoms with Gasteiger partial charge in [0.25, 0.3) is 0 Å². The number of benzene rings is 2. The van der Waals surface area contributed by atoms with Gasteiger partial charge in [0.2, 0.25) is 5.91 Å². The topological polar surface area (TPSA) is 38.3 Å². The van der Waals surface area contributed by atoms with E-state index in [1.54, 1.807) is 13.2 Å². The van der Waals surface area contributed by atoms with E-state index in [1.165, 1.54) is 6.08 Å². The number of anilines is 1. The summed E-state index contributed by atoms with van der Waals surface area (Å²) in [4.78, 5) is 12.0. The van der Waals surface area contributed by atoms with E-state index in [1.807, 2.05) is 56.3 Å². The lowest BCUT2D eigenvalue weighted by atomic mass is 10.1. The van der Waals surface area contributed by atoms with Crippen molar-refractivity contribution in [1.82, 2.24) is 0 Å². The molecule has 2 rings (SSSR count). The second-order valence-corrected chi connectivity index (χ2v) is 4.94. The first-order valence-electron chi connectivity index (χ1n) is 6.79. The molecule has 0 fully saturated rings. The smallest absolute Gasteiger partial charge is 0.248 e. The van der Waals surface area contributed by atoms with Gasteiger partial charge in [-0.3, -0.25) is 4.79 Å². The van der Waals surface area contributed by atoms with E-state index in [4.69, 9.17) is 4.74 Å². The van der Waals surface area contributed by atoms with Crippen molar-refractivity contribution in [3.63, 3.8) is 0 Å². The molecule has 3 nitrogen and oxygen atoms in total. The van der Waals surface area contributed by atoms with Gasteiger partial charge in [-0.2, -0.15) is 0 Å². The monoisotopic (exact) mass is 281 g/mol. The molecule has 0 heterocycles. The van der Waals surface area contributed by atoms with Crippen molar-refractivity contribution in [3.05, 3.63) is 65.2 Å². The van der Waals surface area contributed by atoms with E-state index in [9.17, 15) is 4.79 Å². The summed E-state index contributed by atoms with van der Waals surface area (Å²) in [5.74, 6) is 0.471. The van der Waals surface area contributed by atoms with Gasteiger partial charge in [0.1, 0.15) is 5.75 Å². The van der Waals surface area contributed by atoms with Crippen molar-refractivity contribution in [3.8, 4) is 5.75 Å². The summed E-state index contributed by atoms with van der Waals surface area (Å²) in [6.07, 6.45) is 3.32. The Morgan fingerprint density at radius 2 is 1.86 bits per heavy atom. The molecular formula is C18H19NO2. The maximum Gasteiger partial charge on any atom is 0.248 e. The molecule has 1 amide bonds. The van der Waals surface area contributed by atoms with Crippen LogP contribution in [0.5, 0.6) is 5.75 Å². The molecule has 3 heteroatoms. The van der Waals surface area contributed by atoms with Crippen LogP contribution in [0.2, 0.25) is 0 Å². The van der Waals surface area contributed by atoms with Crippen LogP contribution in [0.1, 0.15) is 16.7 Å². The highest BCUT2D eigenvalue weighted by Gasteiger charge is 2.05. The molecule has 0 aliphatic carbocycles. The van der Waals surface area contributed by atoms with Gasteiger partial charge in [0.15, 0.2) is 0 Å². The van der Waals surface area contributed by atoms with Gasteiger partial charge >= 0.3 is 0 Å². The maximum atomic E-state index is 12.0. The van der Waals surface area contributed by atoms with E-state index in [0.717, 1.165) is 16.7 Å². The molecule has 108 valence electrons. The van der Waals surface area contributed by atoms with E-state index >= 15 is 0 Å². The van der Waals surface area contributed by atoms with Crippen LogP contribution in [0.15, 0.2) is 48.5 Å². The normalized spacial score (nSPS) is 10.6. The van der Waals surface area contributed by atoms with Crippen LogP contribution in [0, 0.1) is 13.8 Å². The number of amides is 1. The molecule has 0 unspecified atom stereocenters. The third kappa shape index (κ3) is 4.21. The van der Waals surface area contributed by atoms with Crippen molar-refractivity contribution < 1.29 is 9.53 Å². The SMILES string of the molecule is COc1ccc(C)cc1NC(=O)/C=C/c1cccc(C)c1. The van der Waals surface area contributed by atoms with Gasteiger partial charge in [-0.05, 0) is 43.2 Å². The molecule has 0 bridgehead atoms. The van der Waals surface area contributed by atoms with E-state index < -0.39 is 0 Å². The molecule has 0 atom stereocenters. The lowest BCUT2D eigenvalue weighted by molar-refractivity contribution is -0.111. The summed E-state index contributed by atoms with van der Waals surface area (Å²) in [6, 6.07) is 13.6. The maximum absolute atomic E-state index is 12.0. The lowest BCUT2D eigenvalue weighted by Gasteiger charge is -2.09. The Morgan fingerprint density at radius 3 is 2.57 bits per heavy atom. The first kappa shape index (κ1) is 14.9. The zero-order chi connectivity index (χ0) is 15.2. The minimum Gasteiger partial charge on any atom is -0.495 e. The van der Waals surface area contributed by atoms with Crippen LogP contribution < -0.4 is 10.1 Å². The highest BCUT2D eigenvalue weighted by Crippen LogP contribution is 2.25. The summed E-state index contributed by atoms with van der Waals surface area (Å²) in [6.45, 7) is 3.99. The Hall–Kier alpha value is -2.55. The standard InChI is InChI=1S/C18H19NO2/c1-13-5-4-6-15(11-13)8-10-18(20)19-16-12-14(2)7-9-17(16)21-3/h4-12H,1-3H3,(H,19,20)/b10-8+. The van der Waals surface area contributed by atoms with Gasteiger partial charge < -0.3 is 10.1 Å². The van der Waals surface area contributed by atoms with Crippen LogP contribution in [0.3, 0.4) is 0 Å². The van der Waals surface area contributed by atoms with Crippen LogP contribution in [-0.2, 0) is 4.79 Å². The molecule has 0 aromatic heterocycles. The van der Waals surface area contributed by atoms with Crippen molar-refractivity contribution in [2.45, 2.75) is 13.8 Å². The van der Waals surface area contributed by atoms with Crippen LogP contribution >= 0.6 is 0 Å². The summed E-state index contributed by atoms with van der Waals surface area (Å²) < 4.78 is 5.24. The highest BCUT2D eigenvalue weighted by molar-refractivity contribution is 6.02. The fraction of sp³-hybridized carbons (Fsp3) is 0.167. The van der Waals surface area contributed by atoms with E-state index in [-0.39, 0.29) is 5.91 Å². The average Bonchev–Trinajstić information content (AvgIpc) is 2.45. The lowest BCUT2D eigenvalue weighted by Crippen LogP contribution is -2.09. The average molecular weight is 281 g/mol. The summed E-state index contributed by atoms with van der Waals surface area (Å²) in [5, 5.41) is 2.84. The molecule has 21 heavy (non-hydrogen) atoms. The number of carbonyl (C=O) groups is 1. The van der Waals surface area contributed by atoms with Crippen molar-refractivity contribution in [1.29, 1.82) is 0 Å². The first-order chi connectivity index (χ1) is 10.1. The fourth-order valence-electron chi connectivity index (χ4n) is 2.04. The number of rotatable bonds is 4. The predicted molar refractivity (Wildman–Crippen MR) is 86.6 cm³/mol. The molecule has 0 saturated carbocycles. The number of hydrogen-bond donors (Lipinski definition) is 1. The summed E-state index contributed by atoms with van der Waals surface area (Å²) in [7, 11) is 1.59. The molecule has 0 saturated heterocycles. The third-order valence-corrected chi connectivity index (χ3v) is 3.08. The van der Waals surface area contributed by atoms with Gasteiger partial charge in [-0.25, -0.2) is 0 Å². The van der Waals surface area contributed by atoms with Crippen molar-refractivity contribution in [2.24, 2.45) is 0 Å². The van der Waals surface area contributed by atoms with E-state index in [2.05, 4.69) is 5.32 Å². The number of hydrogen-bond acceptors (Lipinski definition) is 2.